The standard InChI is InChI=1S/C14H19NO3/c1-9(11-6-4-3-5-7-11)15-12-8-13(16)17-14(12)10(2)18-15/h3-7,9-10,12-14,16H,8H2,1-2H3/t9-,10+,12-,13?,14-/m1/s1. The van der Waals surface area contributed by atoms with Gasteiger partial charge in [-0.1, -0.05) is 30.3 Å². The van der Waals surface area contributed by atoms with Crippen molar-refractivity contribution < 1.29 is 14.7 Å². The molecule has 18 heavy (non-hydrogen) atoms. The number of hydrogen-bond donors (Lipinski definition) is 1. The second-order valence-corrected chi connectivity index (χ2v) is 5.12. The fourth-order valence-electron chi connectivity index (χ4n) is 2.93. The number of aliphatic hydroxyl groups excluding tert-OH is 1. The Morgan fingerprint density at radius 2 is 2.06 bits per heavy atom. The molecule has 5 atom stereocenters. The lowest BCUT2D eigenvalue weighted by Crippen LogP contribution is -2.33. The van der Waals surface area contributed by atoms with E-state index in [0.29, 0.717) is 6.42 Å². The number of hydrogen-bond acceptors (Lipinski definition) is 4. The van der Waals surface area contributed by atoms with Crippen LogP contribution in [0.3, 0.4) is 0 Å². The van der Waals surface area contributed by atoms with E-state index >= 15 is 0 Å². The zero-order valence-corrected chi connectivity index (χ0v) is 10.7. The second-order valence-electron chi connectivity index (χ2n) is 5.12. The molecule has 4 heteroatoms. The average Bonchev–Trinajstić information content (AvgIpc) is 2.89. The number of nitrogens with zero attached hydrogens (tertiary/aromatic N) is 1. The van der Waals surface area contributed by atoms with Crippen LogP contribution in [0.2, 0.25) is 0 Å². The maximum Gasteiger partial charge on any atom is 0.156 e. The SMILES string of the molecule is C[C@@H]1ON([C@H](C)c2ccccc2)[C@@H]2CC(O)O[C@H]12. The van der Waals surface area contributed by atoms with Gasteiger partial charge in [0.05, 0.1) is 12.1 Å². The minimum Gasteiger partial charge on any atom is -0.368 e. The van der Waals surface area contributed by atoms with Crippen LogP contribution in [0.15, 0.2) is 30.3 Å². The number of rotatable bonds is 2. The number of ether oxygens (including phenoxy) is 1. The molecule has 1 aromatic carbocycles. The predicted octanol–water partition coefficient (Wildman–Crippen LogP) is 1.86. The van der Waals surface area contributed by atoms with E-state index in [4.69, 9.17) is 9.57 Å². The fraction of sp³-hybridized carbons (Fsp3) is 0.571. The summed E-state index contributed by atoms with van der Waals surface area (Å²) in [5.41, 5.74) is 1.21. The molecule has 3 rings (SSSR count). The summed E-state index contributed by atoms with van der Waals surface area (Å²) < 4.78 is 5.50. The van der Waals surface area contributed by atoms with Crippen molar-refractivity contribution in [2.75, 3.05) is 0 Å². The van der Waals surface area contributed by atoms with Crippen LogP contribution < -0.4 is 0 Å². The van der Waals surface area contributed by atoms with Crippen molar-refractivity contribution in [1.29, 1.82) is 0 Å². The van der Waals surface area contributed by atoms with E-state index in [-0.39, 0.29) is 24.3 Å². The minimum atomic E-state index is -0.656. The summed E-state index contributed by atoms with van der Waals surface area (Å²) in [4.78, 5) is 5.89. The molecular formula is C14H19NO3. The summed E-state index contributed by atoms with van der Waals surface area (Å²) in [5, 5.41) is 11.6. The molecule has 4 nitrogen and oxygen atoms in total. The van der Waals surface area contributed by atoms with E-state index in [1.54, 1.807) is 0 Å². The molecule has 0 aliphatic carbocycles. The van der Waals surface area contributed by atoms with Crippen molar-refractivity contribution in [2.24, 2.45) is 0 Å². The van der Waals surface area contributed by atoms with Crippen LogP contribution in [-0.2, 0) is 9.57 Å². The maximum absolute atomic E-state index is 9.62. The van der Waals surface area contributed by atoms with Crippen LogP contribution in [-0.4, -0.2) is 34.7 Å². The van der Waals surface area contributed by atoms with Gasteiger partial charge < -0.3 is 9.84 Å². The van der Waals surface area contributed by atoms with Crippen LogP contribution in [0, 0.1) is 0 Å². The highest BCUT2D eigenvalue weighted by molar-refractivity contribution is 5.18. The molecule has 1 N–H and O–H groups in total. The zero-order chi connectivity index (χ0) is 12.7. The van der Waals surface area contributed by atoms with Gasteiger partial charge in [0.1, 0.15) is 12.2 Å². The first kappa shape index (κ1) is 12.1. The first-order valence-electron chi connectivity index (χ1n) is 6.50. The highest BCUT2D eigenvalue weighted by Gasteiger charge is 2.50. The highest BCUT2D eigenvalue weighted by Crippen LogP contribution is 2.39. The normalized spacial score (nSPS) is 37.7. The molecule has 0 amide bonds. The molecule has 2 aliphatic rings. The second kappa shape index (κ2) is 4.63. The molecular weight excluding hydrogens is 230 g/mol. The smallest absolute Gasteiger partial charge is 0.156 e. The molecule has 2 aliphatic heterocycles. The van der Waals surface area contributed by atoms with Gasteiger partial charge in [-0.15, -0.1) is 0 Å². The topological polar surface area (TPSA) is 41.9 Å². The molecule has 0 radical (unpaired) electrons. The Kier molecular flexibility index (Phi) is 3.11. The molecule has 1 unspecified atom stereocenters. The van der Waals surface area contributed by atoms with Gasteiger partial charge in [0.25, 0.3) is 0 Å². The molecule has 0 spiro atoms. The molecule has 0 aromatic heterocycles. The summed E-state index contributed by atoms with van der Waals surface area (Å²) in [6.45, 7) is 4.11. The molecule has 2 fully saturated rings. The molecule has 1 aromatic rings. The van der Waals surface area contributed by atoms with E-state index in [0.717, 1.165) is 0 Å². The van der Waals surface area contributed by atoms with Gasteiger partial charge >= 0.3 is 0 Å². The van der Waals surface area contributed by atoms with E-state index in [2.05, 4.69) is 19.1 Å². The number of fused-ring (bicyclic) bond motifs is 1. The number of aliphatic hydroxyl groups is 1. The Balaban J connectivity index is 1.81. The van der Waals surface area contributed by atoms with E-state index in [1.165, 1.54) is 5.56 Å². The Morgan fingerprint density at radius 1 is 1.33 bits per heavy atom. The van der Waals surface area contributed by atoms with Crippen molar-refractivity contribution in [3.63, 3.8) is 0 Å². The Bertz CT molecular complexity index is 411. The quantitative estimate of drug-likeness (QED) is 0.868. The third-order valence-corrected chi connectivity index (χ3v) is 3.88. The van der Waals surface area contributed by atoms with Crippen LogP contribution in [0.5, 0.6) is 0 Å². The van der Waals surface area contributed by atoms with Gasteiger partial charge in [0.2, 0.25) is 0 Å². The van der Waals surface area contributed by atoms with Gasteiger partial charge in [-0.05, 0) is 19.4 Å². The third-order valence-electron chi connectivity index (χ3n) is 3.88. The van der Waals surface area contributed by atoms with E-state index in [9.17, 15) is 5.11 Å². The summed E-state index contributed by atoms with van der Waals surface area (Å²) >= 11 is 0. The monoisotopic (exact) mass is 249 g/mol. The van der Waals surface area contributed by atoms with Crippen LogP contribution in [0.4, 0.5) is 0 Å². The third kappa shape index (κ3) is 1.95. The summed E-state index contributed by atoms with van der Waals surface area (Å²) in [6.07, 6.45) is -0.0621. The first-order chi connectivity index (χ1) is 8.66. The van der Waals surface area contributed by atoms with Crippen molar-refractivity contribution in [3.05, 3.63) is 35.9 Å². The van der Waals surface area contributed by atoms with Crippen molar-refractivity contribution >= 4 is 0 Å². The average molecular weight is 249 g/mol. The molecule has 2 saturated heterocycles. The van der Waals surface area contributed by atoms with Gasteiger partial charge in [0.15, 0.2) is 6.29 Å². The summed E-state index contributed by atoms with van der Waals surface area (Å²) in [5.74, 6) is 0. The molecule has 0 saturated carbocycles. The lowest BCUT2D eigenvalue weighted by molar-refractivity contribution is -0.202. The van der Waals surface area contributed by atoms with Crippen LogP contribution >= 0.6 is 0 Å². The van der Waals surface area contributed by atoms with Crippen molar-refractivity contribution in [1.82, 2.24) is 5.06 Å². The van der Waals surface area contributed by atoms with Gasteiger partial charge in [-0.2, -0.15) is 5.06 Å². The van der Waals surface area contributed by atoms with Gasteiger partial charge in [0, 0.05) is 6.42 Å². The van der Waals surface area contributed by atoms with Crippen LogP contribution in [0.1, 0.15) is 31.9 Å². The van der Waals surface area contributed by atoms with Crippen LogP contribution in [0.25, 0.3) is 0 Å². The Labute approximate surface area is 107 Å². The largest absolute Gasteiger partial charge is 0.368 e. The Hall–Kier alpha value is -0.940. The van der Waals surface area contributed by atoms with Crippen molar-refractivity contribution in [3.8, 4) is 0 Å². The van der Waals surface area contributed by atoms with E-state index < -0.39 is 6.29 Å². The van der Waals surface area contributed by atoms with Gasteiger partial charge in [-0.3, -0.25) is 4.84 Å². The zero-order valence-electron chi connectivity index (χ0n) is 10.7. The minimum absolute atomic E-state index is 0.00156. The lowest BCUT2D eigenvalue weighted by atomic mass is 10.0. The summed E-state index contributed by atoms with van der Waals surface area (Å²) in [6, 6.07) is 10.6. The molecule has 98 valence electrons. The Morgan fingerprint density at radius 3 is 2.78 bits per heavy atom. The first-order valence-corrected chi connectivity index (χ1v) is 6.50. The maximum atomic E-state index is 9.62. The molecule has 2 heterocycles. The lowest BCUT2D eigenvalue weighted by Gasteiger charge is -2.27. The van der Waals surface area contributed by atoms with E-state index in [1.807, 2.05) is 30.2 Å². The predicted molar refractivity (Wildman–Crippen MR) is 66.5 cm³/mol. The number of hydroxylamine groups is 2. The van der Waals surface area contributed by atoms with Crippen molar-refractivity contribution in [2.45, 2.75) is 50.8 Å². The highest BCUT2D eigenvalue weighted by atomic mass is 16.7. The van der Waals surface area contributed by atoms with Gasteiger partial charge in [-0.25, -0.2) is 0 Å². The number of benzene rings is 1. The summed E-state index contributed by atoms with van der Waals surface area (Å²) in [7, 11) is 0. The molecule has 0 bridgehead atoms. The fourth-order valence-corrected chi connectivity index (χ4v) is 2.93.